The Hall–Kier alpha value is -1.09. The Labute approximate surface area is 77.7 Å². The van der Waals surface area contributed by atoms with Crippen molar-refractivity contribution in [2.24, 2.45) is 5.73 Å². The van der Waals surface area contributed by atoms with Crippen LogP contribution in [-0.2, 0) is 6.42 Å². The fraction of sp³-hybridized carbons (Fsp3) is 0.400. The van der Waals surface area contributed by atoms with E-state index in [4.69, 9.17) is 11.5 Å². The summed E-state index contributed by atoms with van der Waals surface area (Å²) < 4.78 is 12.8. The molecular weight excluding hydrogens is 167 g/mol. The molecule has 2 nitrogen and oxygen atoms in total. The highest BCUT2D eigenvalue weighted by atomic mass is 19.1. The van der Waals surface area contributed by atoms with Gasteiger partial charge < -0.3 is 11.5 Å². The number of benzene rings is 1. The van der Waals surface area contributed by atoms with Gasteiger partial charge >= 0.3 is 0 Å². The Kier molecular flexibility index (Phi) is 3.71. The van der Waals surface area contributed by atoms with E-state index < -0.39 is 0 Å². The zero-order chi connectivity index (χ0) is 9.68. The number of unbranched alkanes of at least 4 members (excludes halogenated alkanes) is 1. The number of hydrogen-bond acceptors (Lipinski definition) is 2. The van der Waals surface area contributed by atoms with Crippen LogP contribution in [0.15, 0.2) is 18.2 Å². The maximum atomic E-state index is 12.8. The monoisotopic (exact) mass is 182 g/mol. The molecule has 0 fully saturated rings. The normalized spacial score (nSPS) is 10.3. The van der Waals surface area contributed by atoms with Crippen molar-refractivity contribution in [2.75, 3.05) is 12.3 Å². The molecule has 0 aromatic heterocycles. The van der Waals surface area contributed by atoms with E-state index in [0.29, 0.717) is 12.2 Å². The smallest absolute Gasteiger partial charge is 0.123 e. The summed E-state index contributed by atoms with van der Waals surface area (Å²) in [6, 6.07) is 4.47. The van der Waals surface area contributed by atoms with E-state index in [1.807, 2.05) is 0 Å². The third-order valence-electron chi connectivity index (χ3n) is 2.01. The second-order valence-electron chi connectivity index (χ2n) is 3.09. The summed E-state index contributed by atoms with van der Waals surface area (Å²) in [5.41, 5.74) is 12.6. The van der Waals surface area contributed by atoms with E-state index in [0.717, 1.165) is 24.8 Å². The van der Waals surface area contributed by atoms with Crippen LogP contribution in [0.3, 0.4) is 0 Å². The first-order valence-electron chi connectivity index (χ1n) is 4.48. The van der Waals surface area contributed by atoms with E-state index in [2.05, 4.69) is 0 Å². The Morgan fingerprint density at radius 1 is 1.23 bits per heavy atom. The van der Waals surface area contributed by atoms with Crippen molar-refractivity contribution >= 4 is 5.69 Å². The van der Waals surface area contributed by atoms with Gasteiger partial charge in [0.2, 0.25) is 0 Å². The molecular formula is C10H15FN2. The summed E-state index contributed by atoms with van der Waals surface area (Å²) in [5.74, 6) is -0.225. The second-order valence-corrected chi connectivity index (χ2v) is 3.09. The summed E-state index contributed by atoms with van der Waals surface area (Å²) in [4.78, 5) is 0. The van der Waals surface area contributed by atoms with Crippen molar-refractivity contribution in [1.82, 2.24) is 0 Å². The van der Waals surface area contributed by atoms with E-state index in [1.165, 1.54) is 12.1 Å². The van der Waals surface area contributed by atoms with E-state index in [1.54, 1.807) is 6.07 Å². The second kappa shape index (κ2) is 4.82. The Morgan fingerprint density at radius 2 is 2.00 bits per heavy atom. The molecule has 0 amide bonds. The molecule has 0 saturated carbocycles. The molecule has 0 aliphatic carbocycles. The van der Waals surface area contributed by atoms with Crippen molar-refractivity contribution in [2.45, 2.75) is 19.3 Å². The fourth-order valence-corrected chi connectivity index (χ4v) is 1.25. The van der Waals surface area contributed by atoms with Crippen molar-refractivity contribution in [1.29, 1.82) is 0 Å². The van der Waals surface area contributed by atoms with Crippen LogP contribution >= 0.6 is 0 Å². The highest BCUT2D eigenvalue weighted by molar-refractivity contribution is 5.46. The third kappa shape index (κ3) is 3.03. The van der Waals surface area contributed by atoms with Crippen LogP contribution in [0, 0.1) is 5.82 Å². The van der Waals surface area contributed by atoms with E-state index in [-0.39, 0.29) is 5.82 Å². The zero-order valence-corrected chi connectivity index (χ0v) is 7.59. The molecule has 0 spiro atoms. The molecule has 0 unspecified atom stereocenters. The number of anilines is 1. The van der Waals surface area contributed by atoms with Crippen LogP contribution in [0.5, 0.6) is 0 Å². The fourth-order valence-electron chi connectivity index (χ4n) is 1.25. The number of rotatable bonds is 4. The Morgan fingerprint density at radius 3 is 2.69 bits per heavy atom. The summed E-state index contributed by atoms with van der Waals surface area (Å²) >= 11 is 0. The molecule has 1 aromatic rings. The number of nitrogens with two attached hydrogens (primary N) is 2. The highest BCUT2D eigenvalue weighted by Gasteiger charge is 2.00. The minimum Gasteiger partial charge on any atom is -0.399 e. The van der Waals surface area contributed by atoms with Gasteiger partial charge in [0.25, 0.3) is 0 Å². The molecule has 0 saturated heterocycles. The van der Waals surface area contributed by atoms with Crippen LogP contribution in [0.1, 0.15) is 18.4 Å². The lowest BCUT2D eigenvalue weighted by atomic mass is 10.1. The van der Waals surface area contributed by atoms with Crippen molar-refractivity contribution in [3.05, 3.63) is 29.6 Å². The minimum atomic E-state index is -0.225. The van der Waals surface area contributed by atoms with Gasteiger partial charge in [0, 0.05) is 5.69 Å². The number of halogens is 1. The molecule has 0 heterocycles. The molecule has 0 atom stereocenters. The molecule has 0 aliphatic rings. The Balaban J connectivity index is 2.59. The molecule has 3 heteroatoms. The first kappa shape index (κ1) is 9.99. The van der Waals surface area contributed by atoms with Gasteiger partial charge in [0.1, 0.15) is 5.82 Å². The van der Waals surface area contributed by atoms with Gasteiger partial charge in [-0.2, -0.15) is 0 Å². The van der Waals surface area contributed by atoms with Crippen LogP contribution in [0.25, 0.3) is 0 Å². The summed E-state index contributed by atoms with van der Waals surface area (Å²) in [6.07, 6.45) is 2.72. The lowest BCUT2D eigenvalue weighted by Crippen LogP contribution is -2.00. The third-order valence-corrected chi connectivity index (χ3v) is 2.01. The number of hydrogen-bond donors (Lipinski definition) is 2. The van der Waals surface area contributed by atoms with E-state index in [9.17, 15) is 4.39 Å². The molecule has 4 N–H and O–H groups in total. The van der Waals surface area contributed by atoms with Gasteiger partial charge in [0.05, 0.1) is 0 Å². The Bertz CT molecular complexity index is 274. The van der Waals surface area contributed by atoms with Gasteiger partial charge in [-0.3, -0.25) is 0 Å². The van der Waals surface area contributed by atoms with Crippen molar-refractivity contribution < 1.29 is 4.39 Å². The average molecular weight is 182 g/mol. The van der Waals surface area contributed by atoms with Gasteiger partial charge in [-0.1, -0.05) is 0 Å². The quantitative estimate of drug-likeness (QED) is 0.550. The van der Waals surface area contributed by atoms with Gasteiger partial charge in [0.15, 0.2) is 0 Å². The molecule has 0 aliphatic heterocycles. The van der Waals surface area contributed by atoms with Gasteiger partial charge in [-0.15, -0.1) is 0 Å². The summed E-state index contributed by atoms with van der Waals surface area (Å²) in [7, 11) is 0. The summed E-state index contributed by atoms with van der Waals surface area (Å²) in [5, 5.41) is 0. The molecule has 13 heavy (non-hydrogen) atoms. The van der Waals surface area contributed by atoms with Gasteiger partial charge in [-0.25, -0.2) is 4.39 Å². The molecule has 1 aromatic carbocycles. The lowest BCUT2D eigenvalue weighted by molar-refractivity contribution is 0.624. The van der Waals surface area contributed by atoms with Crippen molar-refractivity contribution in [3.8, 4) is 0 Å². The van der Waals surface area contributed by atoms with Crippen LogP contribution in [-0.4, -0.2) is 6.54 Å². The van der Waals surface area contributed by atoms with Crippen LogP contribution < -0.4 is 11.5 Å². The number of aryl methyl sites for hydroxylation is 1. The SMILES string of the molecule is NCCCCc1cc(F)ccc1N. The highest BCUT2D eigenvalue weighted by Crippen LogP contribution is 2.15. The predicted octanol–water partition coefficient (Wildman–Crippen LogP) is 1.69. The zero-order valence-electron chi connectivity index (χ0n) is 7.59. The predicted molar refractivity (Wildman–Crippen MR) is 52.8 cm³/mol. The standard InChI is InChI=1S/C10H15FN2/c11-9-4-5-10(13)8(7-9)3-1-2-6-12/h4-5,7H,1-3,6,12-13H2. The van der Waals surface area contributed by atoms with Gasteiger partial charge in [-0.05, 0) is 49.6 Å². The van der Waals surface area contributed by atoms with E-state index >= 15 is 0 Å². The first-order valence-corrected chi connectivity index (χ1v) is 4.48. The molecule has 1 rings (SSSR count). The average Bonchev–Trinajstić information content (AvgIpc) is 2.11. The maximum Gasteiger partial charge on any atom is 0.123 e. The topological polar surface area (TPSA) is 52.0 Å². The summed E-state index contributed by atoms with van der Waals surface area (Å²) in [6.45, 7) is 0.676. The van der Waals surface area contributed by atoms with Crippen LogP contribution in [0.2, 0.25) is 0 Å². The lowest BCUT2D eigenvalue weighted by Gasteiger charge is -2.04. The molecule has 72 valence electrons. The van der Waals surface area contributed by atoms with Crippen molar-refractivity contribution in [3.63, 3.8) is 0 Å². The maximum absolute atomic E-state index is 12.8. The largest absolute Gasteiger partial charge is 0.399 e. The number of nitrogen functional groups attached to an aromatic ring is 1. The molecule has 0 bridgehead atoms. The molecule has 0 radical (unpaired) electrons. The first-order chi connectivity index (χ1) is 6.24. The van der Waals surface area contributed by atoms with Crippen LogP contribution in [0.4, 0.5) is 10.1 Å². The minimum absolute atomic E-state index is 0.225.